The van der Waals surface area contributed by atoms with Gasteiger partial charge in [0.05, 0.1) is 13.2 Å². The molecule has 0 unspecified atom stereocenters. The molecule has 6 nitrogen and oxygen atoms in total. The summed E-state index contributed by atoms with van der Waals surface area (Å²) in [5.74, 6) is 0.852. The summed E-state index contributed by atoms with van der Waals surface area (Å²) >= 11 is 0. The van der Waals surface area contributed by atoms with Gasteiger partial charge in [0.1, 0.15) is 11.9 Å². The van der Waals surface area contributed by atoms with Gasteiger partial charge in [0.2, 0.25) is 0 Å². The number of carbonyl (C=O) groups is 1. The van der Waals surface area contributed by atoms with Gasteiger partial charge >= 0.3 is 0 Å². The van der Waals surface area contributed by atoms with Crippen molar-refractivity contribution in [3.63, 3.8) is 0 Å². The van der Waals surface area contributed by atoms with Crippen molar-refractivity contribution in [3.8, 4) is 5.75 Å². The molecule has 0 spiro atoms. The first kappa shape index (κ1) is 27.6. The zero-order valence-corrected chi connectivity index (χ0v) is 22.6. The molecule has 1 aliphatic carbocycles. The fourth-order valence-corrected chi connectivity index (χ4v) is 5.35. The molecule has 0 atom stereocenters. The molecule has 1 amide bonds. The number of aryl methyl sites for hydroxylation is 1. The molecule has 200 valence electrons. The van der Waals surface area contributed by atoms with Crippen molar-refractivity contribution >= 4 is 30.1 Å². The van der Waals surface area contributed by atoms with E-state index in [1.54, 1.807) is 0 Å². The lowest BCUT2D eigenvalue weighted by Crippen LogP contribution is -2.36. The van der Waals surface area contributed by atoms with Crippen LogP contribution in [0.5, 0.6) is 5.75 Å². The summed E-state index contributed by atoms with van der Waals surface area (Å²) in [6.07, 6.45) is 8.97. The minimum atomic E-state index is -0.0225. The van der Waals surface area contributed by atoms with Crippen molar-refractivity contribution in [3.05, 3.63) is 64.7 Å². The number of fused-ring (bicyclic) bond motifs is 1. The zero-order valence-electron chi connectivity index (χ0n) is 21.7. The van der Waals surface area contributed by atoms with Crippen LogP contribution in [0.3, 0.4) is 0 Å². The van der Waals surface area contributed by atoms with Crippen molar-refractivity contribution in [1.29, 1.82) is 0 Å². The number of amides is 1. The van der Waals surface area contributed by atoms with Gasteiger partial charge in [0, 0.05) is 49.9 Å². The number of hydrogen-bond acceptors (Lipinski definition) is 5. The number of benzene rings is 2. The molecule has 2 aromatic carbocycles. The minimum absolute atomic E-state index is 0. The van der Waals surface area contributed by atoms with Crippen molar-refractivity contribution in [1.82, 2.24) is 4.90 Å². The van der Waals surface area contributed by atoms with Crippen LogP contribution in [0.15, 0.2) is 48.0 Å². The zero-order chi connectivity index (χ0) is 24.7. The normalized spacial score (nSPS) is 18.8. The lowest BCUT2D eigenvalue weighted by molar-refractivity contribution is -0.112. The number of hydrogen-bond donors (Lipinski definition) is 1. The Morgan fingerprint density at radius 2 is 1.68 bits per heavy atom. The van der Waals surface area contributed by atoms with Gasteiger partial charge < -0.3 is 19.5 Å². The van der Waals surface area contributed by atoms with Crippen molar-refractivity contribution in [2.24, 2.45) is 0 Å². The molecule has 7 heteroatoms. The van der Waals surface area contributed by atoms with E-state index in [1.165, 1.54) is 11.1 Å². The van der Waals surface area contributed by atoms with Gasteiger partial charge in [-0.25, -0.2) is 0 Å². The first-order valence-corrected chi connectivity index (χ1v) is 13.4. The molecule has 5 rings (SSSR count). The Labute approximate surface area is 226 Å². The predicted molar refractivity (Wildman–Crippen MR) is 149 cm³/mol. The number of rotatable bonds is 7. The number of ether oxygens (including phenoxy) is 3. The second kappa shape index (κ2) is 13.4. The number of nitrogens with zero attached hydrogens (tertiary/aromatic N) is 1. The third-order valence-corrected chi connectivity index (χ3v) is 7.56. The minimum Gasteiger partial charge on any atom is -0.490 e. The monoisotopic (exact) mass is 526 g/mol. The van der Waals surface area contributed by atoms with Gasteiger partial charge in [0.15, 0.2) is 0 Å². The van der Waals surface area contributed by atoms with E-state index in [2.05, 4.69) is 47.6 Å². The van der Waals surface area contributed by atoms with Crippen LogP contribution in [0, 0.1) is 0 Å². The topological polar surface area (TPSA) is 60.0 Å². The number of anilines is 1. The molecule has 2 fully saturated rings. The molecule has 0 saturated carbocycles. The van der Waals surface area contributed by atoms with E-state index in [0.717, 1.165) is 100 Å². The van der Waals surface area contributed by atoms with Gasteiger partial charge in [-0.15, -0.1) is 12.4 Å². The second-order valence-electron chi connectivity index (χ2n) is 10.2. The SMILES string of the molecule is CN(Cc1ccc(NC(=O)C2=Cc3cc(OC4CCOCC4)ccc3CCC2)cc1)C1CCOCC1.Cl. The van der Waals surface area contributed by atoms with E-state index >= 15 is 0 Å². The smallest absolute Gasteiger partial charge is 0.251 e. The van der Waals surface area contributed by atoms with Gasteiger partial charge in [0.25, 0.3) is 5.91 Å². The maximum Gasteiger partial charge on any atom is 0.251 e. The predicted octanol–water partition coefficient (Wildman–Crippen LogP) is 5.64. The molecule has 3 aliphatic rings. The van der Waals surface area contributed by atoms with Gasteiger partial charge in [-0.1, -0.05) is 18.2 Å². The van der Waals surface area contributed by atoms with E-state index in [1.807, 2.05) is 18.2 Å². The van der Waals surface area contributed by atoms with Crippen LogP contribution >= 0.6 is 12.4 Å². The van der Waals surface area contributed by atoms with E-state index < -0.39 is 0 Å². The summed E-state index contributed by atoms with van der Waals surface area (Å²) in [5.41, 5.74) is 5.27. The Hall–Kier alpha value is -2.38. The van der Waals surface area contributed by atoms with E-state index in [9.17, 15) is 4.79 Å². The molecule has 0 radical (unpaired) electrons. The van der Waals surface area contributed by atoms with Crippen molar-refractivity contribution in [2.75, 3.05) is 38.8 Å². The van der Waals surface area contributed by atoms with Crippen molar-refractivity contribution in [2.45, 2.75) is 63.6 Å². The average molecular weight is 527 g/mol. The highest BCUT2D eigenvalue weighted by Crippen LogP contribution is 2.29. The Kier molecular flexibility index (Phi) is 10.0. The Bertz CT molecular complexity index is 1060. The van der Waals surface area contributed by atoms with Gasteiger partial charge in [-0.3, -0.25) is 9.69 Å². The molecule has 0 aromatic heterocycles. The lowest BCUT2D eigenvalue weighted by atomic mass is 10.0. The van der Waals surface area contributed by atoms with Gasteiger partial charge in [-0.05, 0) is 86.2 Å². The average Bonchev–Trinajstić information content (AvgIpc) is 3.13. The molecule has 1 N–H and O–H groups in total. The third-order valence-electron chi connectivity index (χ3n) is 7.56. The molecule has 2 aliphatic heterocycles. The fraction of sp³-hybridized carbons (Fsp3) is 0.500. The molecule has 2 aromatic rings. The molecular formula is C30H39ClN2O4. The second-order valence-corrected chi connectivity index (χ2v) is 10.2. The highest BCUT2D eigenvalue weighted by atomic mass is 35.5. The summed E-state index contributed by atoms with van der Waals surface area (Å²) in [4.78, 5) is 15.6. The Morgan fingerprint density at radius 3 is 2.41 bits per heavy atom. The standard InChI is InChI=1S/C30H38N2O4.ClH/c1-32(27-11-15-34-16-12-27)21-22-5-8-26(9-6-22)31-30(33)24-4-2-3-23-7-10-29(20-25(23)19-24)36-28-13-17-35-18-14-28;/h5-10,19-20,27-28H,2-4,11-18,21H2,1H3,(H,31,33);1H. The number of nitrogens with one attached hydrogen (secondary N) is 1. The van der Waals surface area contributed by atoms with E-state index in [4.69, 9.17) is 14.2 Å². The van der Waals surface area contributed by atoms with E-state index in [-0.39, 0.29) is 24.4 Å². The summed E-state index contributed by atoms with van der Waals surface area (Å²) in [7, 11) is 2.18. The van der Waals surface area contributed by atoms with Crippen molar-refractivity contribution < 1.29 is 19.0 Å². The van der Waals surface area contributed by atoms with Crippen LogP contribution in [0.2, 0.25) is 0 Å². The molecular weight excluding hydrogens is 488 g/mol. The number of halogens is 1. The molecule has 0 bridgehead atoms. The molecule has 2 saturated heterocycles. The number of carbonyl (C=O) groups excluding carboxylic acids is 1. The summed E-state index contributed by atoms with van der Waals surface area (Å²) in [5, 5.41) is 3.11. The van der Waals surface area contributed by atoms with Crippen LogP contribution < -0.4 is 10.1 Å². The fourth-order valence-electron chi connectivity index (χ4n) is 5.35. The Morgan fingerprint density at radius 1 is 0.973 bits per heavy atom. The van der Waals surface area contributed by atoms with Crippen LogP contribution in [-0.4, -0.2) is 56.4 Å². The maximum absolute atomic E-state index is 13.2. The highest BCUT2D eigenvalue weighted by molar-refractivity contribution is 6.07. The van der Waals surface area contributed by atoms with E-state index in [0.29, 0.717) is 6.04 Å². The lowest BCUT2D eigenvalue weighted by Gasteiger charge is -2.31. The quantitative estimate of drug-likeness (QED) is 0.506. The maximum atomic E-state index is 13.2. The first-order valence-electron chi connectivity index (χ1n) is 13.4. The van der Waals surface area contributed by atoms with Crippen LogP contribution in [0.1, 0.15) is 55.2 Å². The summed E-state index contributed by atoms with van der Waals surface area (Å²) in [6.45, 7) is 4.12. The van der Waals surface area contributed by atoms with Crippen LogP contribution in [0.4, 0.5) is 5.69 Å². The third kappa shape index (κ3) is 7.57. The molecule has 37 heavy (non-hydrogen) atoms. The summed E-state index contributed by atoms with van der Waals surface area (Å²) < 4.78 is 17.1. The molecule has 2 heterocycles. The first-order chi connectivity index (χ1) is 17.6. The Balaban J connectivity index is 0.00000320. The summed E-state index contributed by atoms with van der Waals surface area (Å²) in [6, 6.07) is 15.1. The van der Waals surface area contributed by atoms with Crippen LogP contribution in [-0.2, 0) is 27.2 Å². The van der Waals surface area contributed by atoms with Gasteiger partial charge in [-0.2, -0.15) is 0 Å². The highest BCUT2D eigenvalue weighted by Gasteiger charge is 2.20. The van der Waals surface area contributed by atoms with Crippen LogP contribution in [0.25, 0.3) is 6.08 Å². The largest absolute Gasteiger partial charge is 0.490 e.